The van der Waals surface area contributed by atoms with E-state index in [0.29, 0.717) is 6.04 Å². The van der Waals surface area contributed by atoms with E-state index in [0.717, 1.165) is 25.0 Å². The molecule has 110 valence electrons. The van der Waals surface area contributed by atoms with Crippen molar-refractivity contribution in [3.05, 3.63) is 29.3 Å². The van der Waals surface area contributed by atoms with Gasteiger partial charge in [0.05, 0.1) is 6.61 Å². The van der Waals surface area contributed by atoms with Crippen molar-refractivity contribution in [1.82, 2.24) is 5.32 Å². The Labute approximate surface area is 121 Å². The molecule has 1 aromatic carbocycles. The molecule has 3 rings (SSSR count). The molecule has 0 aliphatic heterocycles. The third-order valence-electron chi connectivity index (χ3n) is 4.59. The number of aliphatic hydroxyl groups is 1. The van der Waals surface area contributed by atoms with Crippen LogP contribution in [0.4, 0.5) is 0 Å². The highest BCUT2D eigenvalue weighted by molar-refractivity contribution is 5.36. The van der Waals surface area contributed by atoms with Crippen LogP contribution in [-0.2, 0) is 0 Å². The maximum absolute atomic E-state index is 9.76. The fraction of sp³-hybridized carbons (Fsp3) is 0.647. The molecule has 2 fully saturated rings. The Morgan fingerprint density at radius 1 is 1.30 bits per heavy atom. The molecule has 20 heavy (non-hydrogen) atoms. The van der Waals surface area contributed by atoms with Crippen molar-refractivity contribution in [3.63, 3.8) is 0 Å². The van der Waals surface area contributed by atoms with Crippen LogP contribution in [0.2, 0.25) is 0 Å². The molecule has 0 radical (unpaired) electrons. The predicted molar refractivity (Wildman–Crippen MR) is 80.2 cm³/mol. The van der Waals surface area contributed by atoms with Crippen LogP contribution in [0.25, 0.3) is 0 Å². The Hall–Kier alpha value is -1.06. The number of rotatable bonds is 5. The minimum absolute atomic E-state index is 0.108. The van der Waals surface area contributed by atoms with Crippen LogP contribution < -0.4 is 10.1 Å². The van der Waals surface area contributed by atoms with Crippen LogP contribution in [0, 0.1) is 13.8 Å². The quantitative estimate of drug-likeness (QED) is 0.868. The second-order valence-corrected chi connectivity index (χ2v) is 6.61. The number of aryl methyl sites for hydroxylation is 2. The average Bonchev–Trinajstić information content (AvgIpc) is 3.14. The van der Waals surface area contributed by atoms with E-state index in [1.54, 1.807) is 0 Å². The summed E-state index contributed by atoms with van der Waals surface area (Å²) in [6.07, 6.45) is 5.67. The first kappa shape index (κ1) is 13.9. The van der Waals surface area contributed by atoms with E-state index >= 15 is 0 Å². The summed E-state index contributed by atoms with van der Waals surface area (Å²) in [6, 6.07) is 6.97. The maximum atomic E-state index is 9.76. The monoisotopic (exact) mass is 275 g/mol. The Kier molecular flexibility index (Phi) is 3.74. The van der Waals surface area contributed by atoms with Crippen molar-refractivity contribution in [2.45, 2.75) is 63.6 Å². The van der Waals surface area contributed by atoms with Gasteiger partial charge in [0.2, 0.25) is 0 Å². The highest BCUT2D eigenvalue weighted by atomic mass is 16.5. The average molecular weight is 275 g/mol. The molecule has 0 heterocycles. The minimum Gasteiger partial charge on any atom is -0.490 e. The topological polar surface area (TPSA) is 41.5 Å². The van der Waals surface area contributed by atoms with Crippen molar-refractivity contribution in [2.75, 3.05) is 6.61 Å². The zero-order valence-electron chi connectivity index (χ0n) is 12.5. The van der Waals surface area contributed by atoms with Crippen LogP contribution >= 0.6 is 0 Å². The van der Waals surface area contributed by atoms with Gasteiger partial charge in [0.15, 0.2) is 0 Å². The molecule has 2 N–H and O–H groups in total. The first-order chi connectivity index (χ1) is 9.60. The highest BCUT2D eigenvalue weighted by Crippen LogP contribution is 2.36. The van der Waals surface area contributed by atoms with Gasteiger partial charge in [-0.3, -0.25) is 0 Å². The summed E-state index contributed by atoms with van der Waals surface area (Å²) in [5.41, 5.74) is 2.31. The predicted octanol–water partition coefficient (Wildman–Crippen LogP) is 2.72. The SMILES string of the molecule is Cc1ccc(C)c(OC2CCC(CO)(NC3CC3)C2)c1. The lowest BCUT2D eigenvalue weighted by atomic mass is 9.98. The normalized spacial score (nSPS) is 29.6. The van der Waals surface area contributed by atoms with E-state index in [4.69, 9.17) is 4.74 Å². The number of hydrogen-bond acceptors (Lipinski definition) is 3. The summed E-state index contributed by atoms with van der Waals surface area (Å²) in [4.78, 5) is 0. The van der Waals surface area contributed by atoms with Gasteiger partial charge in [-0.25, -0.2) is 0 Å². The molecule has 2 aliphatic rings. The molecule has 0 spiro atoms. The van der Waals surface area contributed by atoms with Gasteiger partial charge in [0, 0.05) is 18.0 Å². The van der Waals surface area contributed by atoms with E-state index in [2.05, 4.69) is 37.4 Å². The molecule has 0 saturated heterocycles. The first-order valence-electron chi connectivity index (χ1n) is 7.73. The molecule has 2 aliphatic carbocycles. The van der Waals surface area contributed by atoms with Crippen molar-refractivity contribution in [2.24, 2.45) is 0 Å². The van der Waals surface area contributed by atoms with Crippen LogP contribution in [0.5, 0.6) is 5.75 Å². The molecule has 0 aromatic heterocycles. The van der Waals surface area contributed by atoms with Gasteiger partial charge >= 0.3 is 0 Å². The van der Waals surface area contributed by atoms with Gasteiger partial charge in [-0.05, 0) is 56.7 Å². The number of ether oxygens (including phenoxy) is 1. The van der Waals surface area contributed by atoms with Gasteiger partial charge in [-0.2, -0.15) is 0 Å². The summed E-state index contributed by atoms with van der Waals surface area (Å²) in [6.45, 7) is 4.40. The van der Waals surface area contributed by atoms with Crippen LogP contribution in [0.1, 0.15) is 43.2 Å². The maximum Gasteiger partial charge on any atom is 0.122 e. The van der Waals surface area contributed by atoms with Gasteiger partial charge in [0.1, 0.15) is 11.9 Å². The Morgan fingerprint density at radius 3 is 2.80 bits per heavy atom. The molecule has 0 amide bonds. The smallest absolute Gasteiger partial charge is 0.122 e. The van der Waals surface area contributed by atoms with Gasteiger partial charge in [-0.15, -0.1) is 0 Å². The second kappa shape index (κ2) is 5.38. The van der Waals surface area contributed by atoms with Gasteiger partial charge < -0.3 is 15.2 Å². The summed E-state index contributed by atoms with van der Waals surface area (Å²) in [5.74, 6) is 0.996. The molecular formula is C17H25NO2. The van der Waals surface area contributed by atoms with Crippen molar-refractivity contribution in [3.8, 4) is 5.75 Å². The van der Waals surface area contributed by atoms with Gasteiger partial charge in [0.25, 0.3) is 0 Å². The summed E-state index contributed by atoms with van der Waals surface area (Å²) >= 11 is 0. The summed E-state index contributed by atoms with van der Waals surface area (Å²) < 4.78 is 6.19. The summed E-state index contributed by atoms with van der Waals surface area (Å²) in [5, 5.41) is 13.4. The van der Waals surface area contributed by atoms with E-state index in [1.165, 1.54) is 24.0 Å². The van der Waals surface area contributed by atoms with E-state index in [-0.39, 0.29) is 18.2 Å². The van der Waals surface area contributed by atoms with Crippen LogP contribution in [0.15, 0.2) is 18.2 Å². The molecule has 3 nitrogen and oxygen atoms in total. The lowest BCUT2D eigenvalue weighted by molar-refractivity contribution is 0.138. The lowest BCUT2D eigenvalue weighted by Gasteiger charge is -2.28. The molecular weight excluding hydrogens is 250 g/mol. The van der Waals surface area contributed by atoms with Crippen molar-refractivity contribution in [1.29, 1.82) is 0 Å². The number of benzene rings is 1. The molecule has 2 unspecified atom stereocenters. The third kappa shape index (κ3) is 2.99. The molecule has 1 aromatic rings. The Morgan fingerprint density at radius 2 is 2.10 bits per heavy atom. The fourth-order valence-corrected chi connectivity index (χ4v) is 3.17. The Bertz CT molecular complexity index is 484. The number of aliphatic hydroxyl groups excluding tert-OH is 1. The molecule has 3 heteroatoms. The minimum atomic E-state index is -0.108. The zero-order valence-corrected chi connectivity index (χ0v) is 12.5. The largest absolute Gasteiger partial charge is 0.490 e. The van der Waals surface area contributed by atoms with E-state index in [9.17, 15) is 5.11 Å². The second-order valence-electron chi connectivity index (χ2n) is 6.61. The Balaban J connectivity index is 1.65. The summed E-state index contributed by atoms with van der Waals surface area (Å²) in [7, 11) is 0. The third-order valence-corrected chi connectivity index (χ3v) is 4.59. The highest BCUT2D eigenvalue weighted by Gasteiger charge is 2.43. The fourth-order valence-electron chi connectivity index (χ4n) is 3.17. The molecule has 0 bridgehead atoms. The number of hydrogen-bond donors (Lipinski definition) is 2. The van der Waals surface area contributed by atoms with E-state index < -0.39 is 0 Å². The number of nitrogens with one attached hydrogen (secondary N) is 1. The van der Waals surface area contributed by atoms with Crippen molar-refractivity contribution >= 4 is 0 Å². The van der Waals surface area contributed by atoms with Crippen LogP contribution in [0.3, 0.4) is 0 Å². The van der Waals surface area contributed by atoms with Gasteiger partial charge in [-0.1, -0.05) is 12.1 Å². The zero-order chi connectivity index (χ0) is 14.2. The van der Waals surface area contributed by atoms with Crippen molar-refractivity contribution < 1.29 is 9.84 Å². The lowest BCUT2D eigenvalue weighted by Crippen LogP contribution is -2.48. The molecule has 2 atom stereocenters. The molecule has 2 saturated carbocycles. The van der Waals surface area contributed by atoms with Crippen LogP contribution in [-0.4, -0.2) is 29.4 Å². The first-order valence-corrected chi connectivity index (χ1v) is 7.73. The van der Waals surface area contributed by atoms with E-state index in [1.807, 2.05) is 0 Å². The standard InChI is InChI=1S/C17H25NO2/c1-12-3-4-13(2)16(9-12)20-15-7-8-17(10-15,11-19)18-14-5-6-14/h3-4,9,14-15,18-19H,5-8,10-11H2,1-2H3.